The van der Waals surface area contributed by atoms with Crippen LogP contribution in [0, 0.1) is 0 Å². The van der Waals surface area contributed by atoms with E-state index < -0.39 is 0 Å². The van der Waals surface area contributed by atoms with E-state index >= 15 is 0 Å². The number of nitrogens with zero attached hydrogens (tertiary/aromatic N) is 1. The highest BCUT2D eigenvalue weighted by atomic mass is 35.5. The summed E-state index contributed by atoms with van der Waals surface area (Å²) in [6.07, 6.45) is 1.68. The molecule has 1 N–H and O–H groups in total. The minimum atomic E-state index is -0.310. The molecule has 0 aliphatic heterocycles. The average Bonchev–Trinajstić information content (AvgIpc) is 2.77. The Labute approximate surface area is 104 Å². The Kier molecular flexibility index (Phi) is 3.44. The topological polar surface area (TPSA) is 55.1 Å². The highest BCUT2D eigenvalue weighted by Gasteiger charge is 2.14. The lowest BCUT2D eigenvalue weighted by Crippen LogP contribution is -2.26. The Morgan fingerprint density at radius 2 is 2.24 bits per heavy atom. The first-order chi connectivity index (χ1) is 8.16. The largest absolute Gasteiger partial charge is 0.440 e. The summed E-state index contributed by atoms with van der Waals surface area (Å²) in [6.45, 7) is 1.85. The Hall–Kier alpha value is -1.81. The Bertz CT molecular complexity index is 510. The van der Waals surface area contributed by atoms with Gasteiger partial charge in [0, 0.05) is 6.20 Å². The SMILES string of the molecule is CC(NC(=O)c1ccc(Cl)o1)c1ccccn1. The predicted octanol–water partition coefficient (Wildman–Crippen LogP) is 2.82. The molecule has 0 bridgehead atoms. The number of pyridine rings is 1. The highest BCUT2D eigenvalue weighted by molar-refractivity contribution is 6.29. The van der Waals surface area contributed by atoms with E-state index in [1.807, 2.05) is 25.1 Å². The number of nitrogens with one attached hydrogen (secondary N) is 1. The first-order valence-electron chi connectivity index (χ1n) is 5.14. The number of rotatable bonds is 3. The van der Waals surface area contributed by atoms with Crippen molar-refractivity contribution in [1.82, 2.24) is 10.3 Å². The zero-order valence-electron chi connectivity index (χ0n) is 9.18. The smallest absolute Gasteiger partial charge is 0.287 e. The second-order valence-electron chi connectivity index (χ2n) is 3.55. The van der Waals surface area contributed by atoms with Crippen LogP contribution in [0.25, 0.3) is 0 Å². The predicted molar refractivity (Wildman–Crippen MR) is 63.8 cm³/mol. The van der Waals surface area contributed by atoms with Gasteiger partial charge in [0.15, 0.2) is 11.0 Å². The van der Waals surface area contributed by atoms with Crippen molar-refractivity contribution in [3.05, 3.63) is 53.2 Å². The number of hydrogen-bond donors (Lipinski definition) is 1. The maximum Gasteiger partial charge on any atom is 0.287 e. The molecule has 4 nitrogen and oxygen atoms in total. The molecule has 0 fully saturated rings. The molecule has 1 atom stereocenters. The van der Waals surface area contributed by atoms with Gasteiger partial charge in [0.25, 0.3) is 5.91 Å². The summed E-state index contributed by atoms with van der Waals surface area (Å²) in [5, 5.41) is 2.97. The van der Waals surface area contributed by atoms with Gasteiger partial charge in [0.05, 0.1) is 11.7 Å². The van der Waals surface area contributed by atoms with Crippen LogP contribution in [0.1, 0.15) is 29.2 Å². The van der Waals surface area contributed by atoms with E-state index in [4.69, 9.17) is 16.0 Å². The monoisotopic (exact) mass is 250 g/mol. The lowest BCUT2D eigenvalue weighted by Gasteiger charge is -2.11. The van der Waals surface area contributed by atoms with Gasteiger partial charge in [-0.05, 0) is 42.8 Å². The number of amides is 1. The molecule has 5 heteroatoms. The average molecular weight is 251 g/mol. The summed E-state index contributed by atoms with van der Waals surface area (Å²) >= 11 is 5.60. The van der Waals surface area contributed by atoms with Crippen molar-refractivity contribution in [2.45, 2.75) is 13.0 Å². The van der Waals surface area contributed by atoms with E-state index in [-0.39, 0.29) is 22.9 Å². The normalized spacial score (nSPS) is 12.1. The van der Waals surface area contributed by atoms with Crippen molar-refractivity contribution in [2.75, 3.05) is 0 Å². The molecular weight excluding hydrogens is 240 g/mol. The molecule has 0 aromatic carbocycles. The second-order valence-corrected chi connectivity index (χ2v) is 3.93. The summed E-state index contributed by atoms with van der Waals surface area (Å²) in [5.41, 5.74) is 0.790. The van der Waals surface area contributed by atoms with Crippen molar-refractivity contribution < 1.29 is 9.21 Å². The van der Waals surface area contributed by atoms with Gasteiger partial charge >= 0.3 is 0 Å². The van der Waals surface area contributed by atoms with Crippen molar-refractivity contribution >= 4 is 17.5 Å². The summed E-state index contributed by atoms with van der Waals surface area (Å²) in [4.78, 5) is 15.9. The van der Waals surface area contributed by atoms with Crippen LogP contribution in [0.2, 0.25) is 5.22 Å². The van der Waals surface area contributed by atoms with Crippen LogP contribution in [-0.4, -0.2) is 10.9 Å². The van der Waals surface area contributed by atoms with Crippen LogP contribution < -0.4 is 5.32 Å². The maximum absolute atomic E-state index is 11.8. The van der Waals surface area contributed by atoms with Crippen LogP contribution in [0.3, 0.4) is 0 Å². The number of carbonyl (C=O) groups excluding carboxylic acids is 1. The molecule has 0 saturated heterocycles. The number of hydrogen-bond acceptors (Lipinski definition) is 3. The van der Waals surface area contributed by atoms with Crippen LogP contribution in [0.5, 0.6) is 0 Å². The van der Waals surface area contributed by atoms with Crippen molar-refractivity contribution in [3.63, 3.8) is 0 Å². The van der Waals surface area contributed by atoms with Crippen molar-refractivity contribution in [3.8, 4) is 0 Å². The molecule has 2 aromatic heterocycles. The molecule has 2 rings (SSSR count). The molecule has 1 unspecified atom stereocenters. The number of halogens is 1. The quantitative estimate of drug-likeness (QED) is 0.911. The van der Waals surface area contributed by atoms with Crippen LogP contribution >= 0.6 is 11.6 Å². The molecule has 88 valence electrons. The van der Waals surface area contributed by atoms with E-state index in [1.54, 1.807) is 6.20 Å². The lowest BCUT2D eigenvalue weighted by molar-refractivity contribution is 0.0911. The zero-order chi connectivity index (χ0) is 12.3. The summed E-state index contributed by atoms with van der Waals surface area (Å²) in [7, 11) is 0. The van der Waals surface area contributed by atoms with Crippen molar-refractivity contribution in [2.24, 2.45) is 0 Å². The first kappa shape index (κ1) is 11.7. The standard InChI is InChI=1S/C12H11ClN2O2/c1-8(9-4-2-3-7-14-9)15-12(16)10-5-6-11(13)17-10/h2-8H,1H3,(H,15,16). The van der Waals surface area contributed by atoms with E-state index in [0.717, 1.165) is 5.69 Å². The Balaban J connectivity index is 2.04. The third kappa shape index (κ3) is 2.85. The molecular formula is C12H11ClN2O2. The molecule has 2 heterocycles. The molecule has 0 aliphatic rings. The minimum Gasteiger partial charge on any atom is -0.440 e. The number of carbonyl (C=O) groups is 1. The summed E-state index contributed by atoms with van der Waals surface area (Å²) in [5.74, 6) is -0.118. The molecule has 0 spiro atoms. The molecule has 17 heavy (non-hydrogen) atoms. The Morgan fingerprint density at radius 1 is 1.41 bits per heavy atom. The van der Waals surface area contributed by atoms with E-state index in [0.29, 0.717) is 0 Å². The fourth-order valence-electron chi connectivity index (χ4n) is 1.41. The van der Waals surface area contributed by atoms with Gasteiger partial charge in [-0.1, -0.05) is 6.07 Å². The molecule has 0 aliphatic carbocycles. The third-order valence-electron chi connectivity index (χ3n) is 2.28. The minimum absolute atomic E-state index is 0.187. The highest BCUT2D eigenvalue weighted by Crippen LogP contribution is 2.15. The summed E-state index contributed by atoms with van der Waals surface area (Å²) < 4.78 is 5.02. The molecule has 1 amide bonds. The maximum atomic E-state index is 11.8. The number of aromatic nitrogens is 1. The first-order valence-corrected chi connectivity index (χ1v) is 5.52. The van der Waals surface area contributed by atoms with Crippen LogP contribution in [0.4, 0.5) is 0 Å². The van der Waals surface area contributed by atoms with Gasteiger partial charge in [0.2, 0.25) is 0 Å². The van der Waals surface area contributed by atoms with Crippen LogP contribution in [-0.2, 0) is 0 Å². The fourth-order valence-corrected chi connectivity index (χ4v) is 1.56. The van der Waals surface area contributed by atoms with Gasteiger partial charge in [0.1, 0.15) is 0 Å². The van der Waals surface area contributed by atoms with E-state index in [1.165, 1.54) is 12.1 Å². The van der Waals surface area contributed by atoms with Gasteiger partial charge in [-0.2, -0.15) is 0 Å². The number of furan rings is 1. The van der Waals surface area contributed by atoms with E-state index in [2.05, 4.69) is 10.3 Å². The van der Waals surface area contributed by atoms with E-state index in [9.17, 15) is 4.79 Å². The van der Waals surface area contributed by atoms with Crippen molar-refractivity contribution in [1.29, 1.82) is 0 Å². The van der Waals surface area contributed by atoms with Gasteiger partial charge < -0.3 is 9.73 Å². The molecule has 0 saturated carbocycles. The molecule has 2 aromatic rings. The van der Waals surface area contributed by atoms with Crippen LogP contribution in [0.15, 0.2) is 40.9 Å². The van der Waals surface area contributed by atoms with Gasteiger partial charge in [-0.15, -0.1) is 0 Å². The second kappa shape index (κ2) is 5.01. The van der Waals surface area contributed by atoms with Gasteiger partial charge in [-0.3, -0.25) is 9.78 Å². The third-order valence-corrected chi connectivity index (χ3v) is 2.48. The lowest BCUT2D eigenvalue weighted by atomic mass is 10.2. The van der Waals surface area contributed by atoms with Gasteiger partial charge in [-0.25, -0.2) is 0 Å². The Morgan fingerprint density at radius 3 is 2.82 bits per heavy atom. The fraction of sp³-hybridized carbons (Fsp3) is 0.167. The molecule has 0 radical (unpaired) electrons. The zero-order valence-corrected chi connectivity index (χ0v) is 9.94. The summed E-state index contributed by atoms with van der Waals surface area (Å²) in [6, 6.07) is 8.41.